The number of methoxy groups -OCH3 is 1. The second-order valence-corrected chi connectivity index (χ2v) is 7.37. The molecule has 1 saturated heterocycles. The lowest BCUT2D eigenvalue weighted by molar-refractivity contribution is -0.121. The highest BCUT2D eigenvalue weighted by atomic mass is 35.5. The van der Waals surface area contributed by atoms with Crippen LogP contribution >= 0.6 is 12.4 Å². The van der Waals surface area contributed by atoms with E-state index in [2.05, 4.69) is 29.3 Å². The molecule has 2 unspecified atom stereocenters. The van der Waals surface area contributed by atoms with Crippen LogP contribution in [0.25, 0.3) is 0 Å². The Balaban J connectivity index is 0.00000261. The molecule has 0 radical (unpaired) electrons. The predicted octanol–water partition coefficient (Wildman–Crippen LogP) is 2.26. The van der Waals surface area contributed by atoms with Crippen molar-refractivity contribution in [3.8, 4) is 11.5 Å². The van der Waals surface area contributed by atoms with Crippen LogP contribution in [0.2, 0.25) is 0 Å². The van der Waals surface area contributed by atoms with Crippen LogP contribution in [0.5, 0.6) is 11.5 Å². The van der Waals surface area contributed by atoms with Crippen molar-refractivity contribution in [2.24, 2.45) is 5.73 Å². The molecule has 2 heterocycles. The van der Waals surface area contributed by atoms with Crippen molar-refractivity contribution in [1.29, 1.82) is 0 Å². The van der Waals surface area contributed by atoms with Crippen LogP contribution < -0.4 is 20.5 Å². The molecular formula is C20H32ClN3O3. The van der Waals surface area contributed by atoms with Gasteiger partial charge in [0.2, 0.25) is 5.91 Å². The second kappa shape index (κ2) is 10.2. The van der Waals surface area contributed by atoms with E-state index in [1.807, 2.05) is 0 Å². The Morgan fingerprint density at radius 3 is 2.96 bits per heavy atom. The number of piperidine rings is 1. The molecule has 0 aliphatic carbocycles. The van der Waals surface area contributed by atoms with Crippen LogP contribution in [0, 0.1) is 0 Å². The van der Waals surface area contributed by atoms with Crippen LogP contribution in [0.4, 0.5) is 0 Å². The lowest BCUT2D eigenvalue weighted by Crippen LogP contribution is -2.46. The largest absolute Gasteiger partial charge is 0.497 e. The van der Waals surface area contributed by atoms with E-state index in [0.717, 1.165) is 37.4 Å². The number of hydrogen-bond acceptors (Lipinski definition) is 5. The van der Waals surface area contributed by atoms with Gasteiger partial charge in [-0.25, -0.2) is 0 Å². The first kappa shape index (κ1) is 21.8. The fourth-order valence-electron chi connectivity index (χ4n) is 3.98. The average molecular weight is 398 g/mol. The highest BCUT2D eigenvalue weighted by molar-refractivity contribution is 5.85. The molecule has 3 N–H and O–H groups in total. The maximum atomic E-state index is 11.8. The third-order valence-electron chi connectivity index (χ3n) is 5.31. The molecule has 7 heteroatoms. The van der Waals surface area contributed by atoms with E-state index in [1.54, 1.807) is 7.11 Å². The van der Waals surface area contributed by atoms with Gasteiger partial charge in [0.15, 0.2) is 0 Å². The lowest BCUT2D eigenvalue weighted by Gasteiger charge is -2.36. The van der Waals surface area contributed by atoms with Crippen molar-refractivity contribution in [2.75, 3.05) is 26.7 Å². The van der Waals surface area contributed by atoms with E-state index in [9.17, 15) is 4.79 Å². The van der Waals surface area contributed by atoms with E-state index in [4.69, 9.17) is 15.2 Å². The quantitative estimate of drug-likeness (QED) is 0.738. The number of nitrogens with one attached hydrogen (secondary N) is 1. The monoisotopic (exact) mass is 397 g/mol. The first-order valence-corrected chi connectivity index (χ1v) is 9.68. The lowest BCUT2D eigenvalue weighted by atomic mass is 9.99. The molecule has 1 aromatic carbocycles. The fraction of sp³-hybridized carbons (Fsp3) is 0.650. The van der Waals surface area contributed by atoms with Crippen LogP contribution in [0.15, 0.2) is 12.1 Å². The predicted molar refractivity (Wildman–Crippen MR) is 109 cm³/mol. The topological polar surface area (TPSA) is 76.8 Å². The molecule has 0 bridgehead atoms. The van der Waals surface area contributed by atoms with Gasteiger partial charge in [-0.05, 0) is 38.4 Å². The van der Waals surface area contributed by atoms with Crippen LogP contribution in [-0.4, -0.2) is 49.7 Å². The van der Waals surface area contributed by atoms with Crippen LogP contribution in [-0.2, 0) is 17.8 Å². The Labute approximate surface area is 168 Å². The van der Waals surface area contributed by atoms with E-state index in [1.165, 1.54) is 24.0 Å². The SMILES string of the molecule is COc1cc2c(c(CN3CCCCC3CNC(=O)CCN)c1)OC(C)C2.Cl. The number of ether oxygens (including phenoxy) is 2. The van der Waals surface area contributed by atoms with Crippen LogP contribution in [0.3, 0.4) is 0 Å². The summed E-state index contributed by atoms with van der Waals surface area (Å²) >= 11 is 0. The van der Waals surface area contributed by atoms with Gasteiger partial charge in [0.25, 0.3) is 0 Å². The van der Waals surface area contributed by atoms with Crippen molar-refractivity contribution >= 4 is 18.3 Å². The first-order chi connectivity index (χ1) is 12.6. The number of hydrogen-bond donors (Lipinski definition) is 2. The zero-order valence-corrected chi connectivity index (χ0v) is 17.1. The molecule has 0 spiro atoms. The van der Waals surface area contributed by atoms with Gasteiger partial charge in [-0.15, -0.1) is 12.4 Å². The number of likely N-dealkylation sites (tertiary alicyclic amines) is 1. The Bertz CT molecular complexity index is 641. The van der Waals surface area contributed by atoms with Gasteiger partial charge in [0.05, 0.1) is 7.11 Å². The van der Waals surface area contributed by atoms with Crippen molar-refractivity contribution in [1.82, 2.24) is 10.2 Å². The van der Waals surface area contributed by atoms with Gasteiger partial charge in [-0.1, -0.05) is 6.42 Å². The highest BCUT2D eigenvalue weighted by Crippen LogP contribution is 2.37. The van der Waals surface area contributed by atoms with E-state index < -0.39 is 0 Å². The summed E-state index contributed by atoms with van der Waals surface area (Å²) in [5.74, 6) is 1.95. The summed E-state index contributed by atoms with van der Waals surface area (Å²) in [5.41, 5.74) is 7.88. The molecule has 2 atom stereocenters. The smallest absolute Gasteiger partial charge is 0.221 e. The summed E-state index contributed by atoms with van der Waals surface area (Å²) in [4.78, 5) is 14.2. The van der Waals surface area contributed by atoms with Crippen molar-refractivity contribution in [3.05, 3.63) is 23.3 Å². The van der Waals surface area contributed by atoms with Crippen molar-refractivity contribution < 1.29 is 14.3 Å². The highest BCUT2D eigenvalue weighted by Gasteiger charge is 2.28. The number of benzene rings is 1. The number of nitrogens with zero attached hydrogens (tertiary/aromatic N) is 1. The minimum absolute atomic E-state index is 0. The maximum Gasteiger partial charge on any atom is 0.221 e. The van der Waals surface area contributed by atoms with Gasteiger partial charge in [0, 0.05) is 49.6 Å². The summed E-state index contributed by atoms with van der Waals surface area (Å²) < 4.78 is 11.6. The summed E-state index contributed by atoms with van der Waals surface area (Å²) in [5, 5.41) is 3.03. The molecule has 1 aromatic rings. The number of nitrogens with two attached hydrogens (primary N) is 1. The minimum atomic E-state index is 0. The minimum Gasteiger partial charge on any atom is -0.497 e. The molecule has 2 aliphatic heterocycles. The summed E-state index contributed by atoms with van der Waals surface area (Å²) in [6.45, 7) is 5.05. The van der Waals surface area contributed by atoms with Crippen molar-refractivity contribution in [3.63, 3.8) is 0 Å². The maximum absolute atomic E-state index is 11.8. The third kappa shape index (κ3) is 5.50. The Morgan fingerprint density at radius 1 is 1.41 bits per heavy atom. The number of halogens is 1. The van der Waals surface area contributed by atoms with E-state index >= 15 is 0 Å². The zero-order valence-electron chi connectivity index (χ0n) is 16.3. The zero-order chi connectivity index (χ0) is 18.5. The summed E-state index contributed by atoms with van der Waals surface area (Å²) in [6, 6.07) is 4.53. The van der Waals surface area contributed by atoms with Gasteiger partial charge in [-0.2, -0.15) is 0 Å². The molecule has 6 nitrogen and oxygen atoms in total. The molecule has 0 aromatic heterocycles. The molecule has 1 fully saturated rings. The van der Waals surface area contributed by atoms with Crippen LogP contribution in [0.1, 0.15) is 43.7 Å². The Kier molecular flexibility index (Phi) is 8.20. The Hall–Kier alpha value is -1.50. The number of carbonyl (C=O) groups is 1. The normalized spacial score (nSPS) is 21.7. The van der Waals surface area contributed by atoms with E-state index in [-0.39, 0.29) is 24.4 Å². The summed E-state index contributed by atoms with van der Waals surface area (Å²) in [7, 11) is 1.71. The molecule has 0 saturated carbocycles. The van der Waals surface area contributed by atoms with Gasteiger partial charge in [-0.3, -0.25) is 9.69 Å². The number of fused-ring (bicyclic) bond motifs is 1. The number of rotatable bonds is 7. The third-order valence-corrected chi connectivity index (χ3v) is 5.31. The van der Waals surface area contributed by atoms with Gasteiger partial charge >= 0.3 is 0 Å². The van der Waals surface area contributed by atoms with Crippen molar-refractivity contribution in [2.45, 2.75) is 57.7 Å². The fourth-order valence-corrected chi connectivity index (χ4v) is 3.98. The van der Waals surface area contributed by atoms with Gasteiger partial charge in [0.1, 0.15) is 17.6 Å². The first-order valence-electron chi connectivity index (χ1n) is 9.68. The summed E-state index contributed by atoms with van der Waals surface area (Å²) in [6.07, 6.45) is 5.03. The molecule has 3 rings (SSSR count). The van der Waals surface area contributed by atoms with Gasteiger partial charge < -0.3 is 20.5 Å². The standard InChI is InChI=1S/C20H31N3O3.ClH/c1-14-9-15-10-18(25-2)11-16(20(15)26-14)13-23-8-4-3-5-17(23)12-22-19(24)6-7-21;/h10-11,14,17H,3-9,12-13,21H2,1-2H3,(H,22,24);1H. The molecule has 152 valence electrons. The Morgan fingerprint density at radius 2 is 2.22 bits per heavy atom. The second-order valence-electron chi connectivity index (χ2n) is 7.37. The average Bonchev–Trinajstić information content (AvgIpc) is 3.01. The number of amides is 1. The molecule has 27 heavy (non-hydrogen) atoms. The molecule has 1 amide bonds. The molecular weight excluding hydrogens is 366 g/mol. The number of carbonyl (C=O) groups excluding carboxylic acids is 1. The van der Waals surface area contributed by atoms with E-state index in [0.29, 0.717) is 25.6 Å². The molecule has 2 aliphatic rings.